The quantitative estimate of drug-likeness (QED) is 0.625. The molecule has 2 aromatic rings. The third-order valence-corrected chi connectivity index (χ3v) is 3.50. The molecule has 1 aromatic heterocycles. The molecular weight excluding hydrogens is 256 g/mol. The number of carbonyl (C=O) groups is 2. The van der Waals surface area contributed by atoms with Gasteiger partial charge in [0.25, 0.3) is 0 Å². The van der Waals surface area contributed by atoms with E-state index in [2.05, 4.69) is 0 Å². The molecule has 1 heterocycles. The van der Waals surface area contributed by atoms with Gasteiger partial charge in [0.05, 0.1) is 9.90 Å². The van der Waals surface area contributed by atoms with E-state index < -0.39 is 11.6 Å². The monoisotopic (exact) mass is 264 g/mol. The van der Waals surface area contributed by atoms with E-state index in [9.17, 15) is 9.59 Å². The lowest BCUT2D eigenvalue weighted by molar-refractivity contribution is 0.0819. The predicted molar refractivity (Wildman–Crippen MR) is 69.2 cm³/mol. The van der Waals surface area contributed by atoms with Crippen molar-refractivity contribution < 1.29 is 9.59 Å². The zero-order valence-electron chi connectivity index (χ0n) is 9.07. The van der Waals surface area contributed by atoms with Crippen molar-refractivity contribution in [2.45, 2.75) is 6.92 Å². The lowest BCUT2D eigenvalue weighted by Crippen LogP contribution is -2.13. The maximum absolute atomic E-state index is 11.9. The zero-order chi connectivity index (χ0) is 12.4. The number of hydrogen-bond donors (Lipinski definition) is 0. The van der Waals surface area contributed by atoms with Gasteiger partial charge in [0.15, 0.2) is 0 Å². The summed E-state index contributed by atoms with van der Waals surface area (Å²) in [5.74, 6) is -1.07. The highest BCUT2D eigenvalue weighted by atomic mass is 35.5. The van der Waals surface area contributed by atoms with E-state index in [1.54, 1.807) is 35.7 Å². The van der Waals surface area contributed by atoms with Crippen molar-refractivity contribution in [1.29, 1.82) is 0 Å². The van der Waals surface area contributed by atoms with Gasteiger partial charge in [-0.2, -0.15) is 0 Å². The summed E-state index contributed by atoms with van der Waals surface area (Å²) in [6.07, 6.45) is 0. The van der Waals surface area contributed by atoms with Crippen molar-refractivity contribution >= 4 is 34.5 Å². The standard InChI is InChI=1S/C13H9ClO2S/c1-8-4-5-9(10(14)7-8)12(15)13(16)11-3-2-6-17-11/h2-7H,1H3. The van der Waals surface area contributed by atoms with Crippen molar-refractivity contribution in [2.24, 2.45) is 0 Å². The summed E-state index contributed by atoms with van der Waals surface area (Å²) in [7, 11) is 0. The molecule has 0 saturated heterocycles. The lowest BCUT2D eigenvalue weighted by atomic mass is 10.0. The molecule has 0 amide bonds. The Morgan fingerprint density at radius 3 is 2.53 bits per heavy atom. The number of ketones is 2. The van der Waals surface area contributed by atoms with Crippen LogP contribution in [0.2, 0.25) is 5.02 Å². The van der Waals surface area contributed by atoms with Crippen LogP contribution in [-0.4, -0.2) is 11.6 Å². The molecule has 0 unspecified atom stereocenters. The molecule has 86 valence electrons. The Morgan fingerprint density at radius 1 is 1.18 bits per heavy atom. The van der Waals surface area contributed by atoms with Gasteiger partial charge < -0.3 is 0 Å². The summed E-state index contributed by atoms with van der Waals surface area (Å²) >= 11 is 7.21. The van der Waals surface area contributed by atoms with Crippen LogP contribution in [0.3, 0.4) is 0 Å². The SMILES string of the molecule is Cc1ccc(C(=O)C(=O)c2cccs2)c(Cl)c1. The molecule has 0 aliphatic heterocycles. The normalized spacial score (nSPS) is 10.2. The number of rotatable bonds is 3. The van der Waals surface area contributed by atoms with Crippen molar-refractivity contribution in [2.75, 3.05) is 0 Å². The molecule has 17 heavy (non-hydrogen) atoms. The molecule has 1 aromatic carbocycles. The van der Waals surface area contributed by atoms with E-state index in [0.29, 0.717) is 9.90 Å². The maximum atomic E-state index is 11.9. The van der Waals surface area contributed by atoms with Crippen LogP contribution in [0.25, 0.3) is 0 Å². The fourth-order valence-electron chi connectivity index (χ4n) is 1.45. The fraction of sp³-hybridized carbons (Fsp3) is 0.0769. The average molecular weight is 265 g/mol. The van der Waals surface area contributed by atoms with Gasteiger partial charge in [-0.05, 0) is 36.1 Å². The van der Waals surface area contributed by atoms with Crippen LogP contribution in [0.15, 0.2) is 35.7 Å². The zero-order valence-corrected chi connectivity index (χ0v) is 10.6. The Kier molecular flexibility index (Phi) is 3.41. The number of aryl methyl sites for hydroxylation is 1. The molecule has 0 radical (unpaired) electrons. The molecule has 0 bridgehead atoms. The Hall–Kier alpha value is -1.45. The van der Waals surface area contributed by atoms with E-state index in [0.717, 1.165) is 5.56 Å². The van der Waals surface area contributed by atoms with Gasteiger partial charge in [0.1, 0.15) is 0 Å². The number of thiophene rings is 1. The van der Waals surface area contributed by atoms with Gasteiger partial charge in [-0.1, -0.05) is 23.7 Å². The minimum Gasteiger partial charge on any atom is -0.285 e. The molecule has 0 saturated carbocycles. The molecule has 2 nitrogen and oxygen atoms in total. The number of Topliss-reactive ketones (excluding diaryl/α,β-unsaturated/α-hetero) is 2. The predicted octanol–water partition coefficient (Wildman–Crippen LogP) is 3.78. The number of hydrogen-bond acceptors (Lipinski definition) is 3. The van der Waals surface area contributed by atoms with E-state index in [4.69, 9.17) is 11.6 Å². The van der Waals surface area contributed by atoms with Gasteiger partial charge in [0.2, 0.25) is 11.6 Å². The average Bonchev–Trinajstić information content (AvgIpc) is 2.80. The van der Waals surface area contributed by atoms with E-state index >= 15 is 0 Å². The van der Waals surface area contributed by atoms with Crippen molar-refractivity contribution in [3.8, 4) is 0 Å². The number of benzene rings is 1. The topological polar surface area (TPSA) is 34.1 Å². The van der Waals surface area contributed by atoms with Crippen LogP contribution >= 0.6 is 22.9 Å². The largest absolute Gasteiger partial charge is 0.285 e. The highest BCUT2D eigenvalue weighted by Crippen LogP contribution is 2.20. The Labute approximate surface area is 108 Å². The summed E-state index contributed by atoms with van der Waals surface area (Å²) in [4.78, 5) is 24.2. The summed E-state index contributed by atoms with van der Waals surface area (Å²) < 4.78 is 0. The third-order valence-electron chi connectivity index (χ3n) is 2.32. The fourth-order valence-corrected chi connectivity index (χ4v) is 2.43. The van der Waals surface area contributed by atoms with Crippen molar-refractivity contribution in [3.63, 3.8) is 0 Å². The molecule has 4 heteroatoms. The summed E-state index contributed by atoms with van der Waals surface area (Å²) in [6.45, 7) is 1.88. The first-order chi connectivity index (χ1) is 8.09. The molecular formula is C13H9ClO2S. The Balaban J connectivity index is 2.35. The Bertz CT molecular complexity index is 573. The number of halogens is 1. The van der Waals surface area contributed by atoms with E-state index in [1.807, 2.05) is 6.92 Å². The molecule has 0 aliphatic carbocycles. The summed E-state index contributed by atoms with van der Waals surface area (Å²) in [6, 6.07) is 8.40. The second-order valence-corrected chi connectivity index (χ2v) is 4.97. The second kappa shape index (κ2) is 4.82. The van der Waals surface area contributed by atoms with Crippen LogP contribution in [-0.2, 0) is 0 Å². The van der Waals surface area contributed by atoms with Gasteiger partial charge in [0, 0.05) is 5.56 Å². The molecule has 0 fully saturated rings. The smallest absolute Gasteiger partial charge is 0.243 e. The first kappa shape index (κ1) is 12.0. The molecule has 0 atom stereocenters. The minimum atomic E-state index is -0.558. The lowest BCUT2D eigenvalue weighted by Gasteiger charge is -2.02. The van der Waals surface area contributed by atoms with Crippen LogP contribution < -0.4 is 0 Å². The second-order valence-electron chi connectivity index (χ2n) is 3.62. The third kappa shape index (κ3) is 2.46. The van der Waals surface area contributed by atoms with Crippen LogP contribution in [0.4, 0.5) is 0 Å². The molecule has 0 N–H and O–H groups in total. The van der Waals surface area contributed by atoms with E-state index in [1.165, 1.54) is 11.3 Å². The van der Waals surface area contributed by atoms with Gasteiger partial charge in [-0.3, -0.25) is 9.59 Å². The van der Waals surface area contributed by atoms with E-state index in [-0.39, 0.29) is 5.56 Å². The van der Waals surface area contributed by atoms with Crippen LogP contribution in [0.5, 0.6) is 0 Å². The van der Waals surface area contributed by atoms with Crippen molar-refractivity contribution in [3.05, 3.63) is 56.7 Å². The number of carbonyl (C=O) groups excluding carboxylic acids is 2. The minimum absolute atomic E-state index is 0.260. The summed E-state index contributed by atoms with van der Waals surface area (Å²) in [5, 5.41) is 2.08. The first-order valence-electron chi connectivity index (χ1n) is 4.98. The maximum Gasteiger partial charge on any atom is 0.243 e. The highest BCUT2D eigenvalue weighted by molar-refractivity contribution is 7.13. The molecule has 0 aliphatic rings. The highest BCUT2D eigenvalue weighted by Gasteiger charge is 2.21. The van der Waals surface area contributed by atoms with Crippen LogP contribution in [0, 0.1) is 6.92 Å². The molecule has 0 spiro atoms. The first-order valence-corrected chi connectivity index (χ1v) is 6.24. The van der Waals surface area contributed by atoms with Crippen LogP contribution in [0.1, 0.15) is 25.6 Å². The Morgan fingerprint density at radius 2 is 1.94 bits per heavy atom. The van der Waals surface area contributed by atoms with Gasteiger partial charge in [-0.15, -0.1) is 11.3 Å². The molecule has 2 rings (SSSR count). The van der Waals surface area contributed by atoms with Gasteiger partial charge >= 0.3 is 0 Å². The summed E-state index contributed by atoms with van der Waals surface area (Å²) in [5.41, 5.74) is 1.21. The van der Waals surface area contributed by atoms with Crippen molar-refractivity contribution in [1.82, 2.24) is 0 Å². The van der Waals surface area contributed by atoms with Gasteiger partial charge in [-0.25, -0.2) is 0 Å².